The van der Waals surface area contributed by atoms with E-state index >= 15 is 0 Å². The van der Waals surface area contributed by atoms with Crippen LogP contribution < -0.4 is 10.6 Å². The van der Waals surface area contributed by atoms with Crippen molar-refractivity contribution in [2.45, 2.75) is 6.04 Å². The maximum absolute atomic E-state index is 8.47. The fraction of sp³-hybridized carbons (Fsp3) is 0.571. The molecule has 0 amide bonds. The smallest absolute Gasteiger partial charge is 0.0958 e. The molecule has 0 saturated carbocycles. The monoisotopic (exact) mass is 137 g/mol. The van der Waals surface area contributed by atoms with Crippen LogP contribution in [0.3, 0.4) is 0 Å². The molecule has 1 fully saturated rings. The SMILES string of the molecule is C=C(C#N)[C@H]1CNCCN1. The Bertz CT molecular complexity index is 162. The van der Waals surface area contributed by atoms with E-state index in [2.05, 4.69) is 17.2 Å². The molecule has 1 aliphatic rings. The predicted octanol–water partition coefficient (Wildman–Crippen LogP) is -0.372. The van der Waals surface area contributed by atoms with Gasteiger partial charge >= 0.3 is 0 Å². The molecule has 1 atom stereocenters. The highest BCUT2D eigenvalue weighted by atomic mass is 15.1. The minimum Gasteiger partial charge on any atom is -0.314 e. The van der Waals surface area contributed by atoms with Crippen molar-refractivity contribution in [2.75, 3.05) is 19.6 Å². The summed E-state index contributed by atoms with van der Waals surface area (Å²) in [7, 11) is 0. The molecule has 3 nitrogen and oxygen atoms in total. The average Bonchev–Trinajstić information content (AvgIpc) is 2.05. The van der Waals surface area contributed by atoms with E-state index in [4.69, 9.17) is 5.26 Å². The van der Waals surface area contributed by atoms with Gasteiger partial charge in [0.1, 0.15) is 0 Å². The van der Waals surface area contributed by atoms with E-state index in [9.17, 15) is 0 Å². The van der Waals surface area contributed by atoms with Crippen LogP contribution >= 0.6 is 0 Å². The summed E-state index contributed by atoms with van der Waals surface area (Å²) in [5.41, 5.74) is 0.618. The standard InChI is InChI=1S/C7H11N3/c1-6(4-8)7-5-9-2-3-10-7/h7,9-10H,1-3,5H2/t7-/m1/s1. The van der Waals surface area contributed by atoms with Gasteiger partial charge in [0, 0.05) is 25.2 Å². The Morgan fingerprint density at radius 2 is 2.40 bits per heavy atom. The summed E-state index contributed by atoms with van der Waals surface area (Å²) in [4.78, 5) is 0. The molecule has 0 aromatic carbocycles. The molecule has 1 rings (SSSR count). The Labute approximate surface area is 60.7 Å². The van der Waals surface area contributed by atoms with Crippen molar-refractivity contribution in [3.05, 3.63) is 12.2 Å². The Hall–Kier alpha value is -0.850. The normalized spacial score (nSPS) is 25.3. The lowest BCUT2D eigenvalue weighted by atomic mass is 10.1. The lowest BCUT2D eigenvalue weighted by Gasteiger charge is -2.22. The molecule has 1 aliphatic heterocycles. The zero-order chi connectivity index (χ0) is 7.40. The van der Waals surface area contributed by atoms with Gasteiger partial charge in [-0.15, -0.1) is 0 Å². The van der Waals surface area contributed by atoms with Crippen LogP contribution in [0.25, 0.3) is 0 Å². The zero-order valence-corrected chi connectivity index (χ0v) is 5.85. The van der Waals surface area contributed by atoms with E-state index in [0.29, 0.717) is 5.57 Å². The Morgan fingerprint density at radius 3 is 2.90 bits per heavy atom. The van der Waals surface area contributed by atoms with Gasteiger partial charge in [0.05, 0.1) is 12.1 Å². The molecular formula is C7H11N3. The minimum atomic E-state index is 0.152. The molecule has 0 aromatic heterocycles. The molecule has 3 heteroatoms. The van der Waals surface area contributed by atoms with Crippen LogP contribution in [0.1, 0.15) is 0 Å². The summed E-state index contributed by atoms with van der Waals surface area (Å²) in [5, 5.41) is 14.8. The largest absolute Gasteiger partial charge is 0.314 e. The topological polar surface area (TPSA) is 47.9 Å². The Kier molecular flexibility index (Phi) is 2.43. The average molecular weight is 137 g/mol. The number of nitrogens with one attached hydrogen (secondary N) is 2. The molecule has 1 heterocycles. The van der Waals surface area contributed by atoms with Crippen molar-refractivity contribution >= 4 is 0 Å². The van der Waals surface area contributed by atoms with Crippen molar-refractivity contribution in [1.82, 2.24) is 10.6 Å². The highest BCUT2D eigenvalue weighted by molar-refractivity contribution is 5.23. The molecule has 0 aliphatic carbocycles. The van der Waals surface area contributed by atoms with Gasteiger partial charge in [-0.2, -0.15) is 5.26 Å². The van der Waals surface area contributed by atoms with Crippen LogP contribution in [-0.2, 0) is 0 Å². The number of hydrogen-bond acceptors (Lipinski definition) is 3. The summed E-state index contributed by atoms with van der Waals surface area (Å²) in [6.45, 7) is 6.36. The van der Waals surface area contributed by atoms with Crippen molar-refractivity contribution in [2.24, 2.45) is 0 Å². The van der Waals surface area contributed by atoms with E-state index in [0.717, 1.165) is 19.6 Å². The molecule has 0 spiro atoms. The third kappa shape index (κ3) is 1.56. The van der Waals surface area contributed by atoms with Gasteiger partial charge in [-0.3, -0.25) is 0 Å². The summed E-state index contributed by atoms with van der Waals surface area (Å²) < 4.78 is 0. The first-order chi connectivity index (χ1) is 4.84. The van der Waals surface area contributed by atoms with Gasteiger partial charge in [0.15, 0.2) is 0 Å². The molecule has 2 N–H and O–H groups in total. The maximum atomic E-state index is 8.47. The lowest BCUT2D eigenvalue weighted by molar-refractivity contribution is 0.463. The fourth-order valence-electron chi connectivity index (χ4n) is 0.978. The van der Waals surface area contributed by atoms with E-state index in [1.165, 1.54) is 0 Å². The van der Waals surface area contributed by atoms with Gasteiger partial charge in [-0.1, -0.05) is 6.58 Å². The predicted molar refractivity (Wildman–Crippen MR) is 39.4 cm³/mol. The van der Waals surface area contributed by atoms with E-state index in [-0.39, 0.29) is 6.04 Å². The molecule has 0 bridgehead atoms. The number of nitrogens with zero attached hydrogens (tertiary/aromatic N) is 1. The molecule has 0 radical (unpaired) electrons. The molecule has 0 aromatic rings. The molecule has 10 heavy (non-hydrogen) atoms. The zero-order valence-electron chi connectivity index (χ0n) is 5.85. The van der Waals surface area contributed by atoms with Crippen LogP contribution in [0.5, 0.6) is 0 Å². The number of piperazine rings is 1. The first-order valence-corrected chi connectivity index (χ1v) is 3.37. The first kappa shape index (κ1) is 7.26. The van der Waals surface area contributed by atoms with Crippen LogP contribution in [0.4, 0.5) is 0 Å². The van der Waals surface area contributed by atoms with Crippen molar-refractivity contribution in [1.29, 1.82) is 5.26 Å². The number of nitriles is 1. The van der Waals surface area contributed by atoms with E-state index in [1.807, 2.05) is 6.07 Å². The van der Waals surface area contributed by atoms with E-state index in [1.54, 1.807) is 0 Å². The highest BCUT2D eigenvalue weighted by Crippen LogP contribution is 1.97. The van der Waals surface area contributed by atoms with Crippen LogP contribution in [-0.4, -0.2) is 25.7 Å². The molecule has 1 saturated heterocycles. The third-order valence-corrected chi connectivity index (χ3v) is 1.61. The van der Waals surface area contributed by atoms with Crippen molar-refractivity contribution < 1.29 is 0 Å². The quantitative estimate of drug-likeness (QED) is 0.485. The van der Waals surface area contributed by atoms with Gasteiger partial charge in [0.25, 0.3) is 0 Å². The maximum Gasteiger partial charge on any atom is 0.0958 e. The van der Waals surface area contributed by atoms with E-state index < -0.39 is 0 Å². The second-order valence-electron chi connectivity index (χ2n) is 2.35. The van der Waals surface area contributed by atoms with Crippen LogP contribution in [0.15, 0.2) is 12.2 Å². The number of rotatable bonds is 1. The minimum absolute atomic E-state index is 0.152. The highest BCUT2D eigenvalue weighted by Gasteiger charge is 2.13. The third-order valence-electron chi connectivity index (χ3n) is 1.61. The Balaban J connectivity index is 2.40. The summed E-state index contributed by atoms with van der Waals surface area (Å²) >= 11 is 0. The fourth-order valence-corrected chi connectivity index (χ4v) is 0.978. The second-order valence-corrected chi connectivity index (χ2v) is 2.35. The molecular weight excluding hydrogens is 126 g/mol. The first-order valence-electron chi connectivity index (χ1n) is 3.37. The summed E-state index contributed by atoms with van der Waals surface area (Å²) in [5.74, 6) is 0. The van der Waals surface area contributed by atoms with Gasteiger partial charge in [-0.05, 0) is 0 Å². The Morgan fingerprint density at radius 1 is 1.60 bits per heavy atom. The number of hydrogen-bond donors (Lipinski definition) is 2. The van der Waals surface area contributed by atoms with Crippen molar-refractivity contribution in [3.63, 3.8) is 0 Å². The summed E-state index contributed by atoms with van der Waals surface area (Å²) in [6.07, 6.45) is 0. The molecule has 0 unspecified atom stereocenters. The van der Waals surface area contributed by atoms with Gasteiger partial charge in [-0.25, -0.2) is 0 Å². The second kappa shape index (κ2) is 3.35. The molecule has 54 valence electrons. The van der Waals surface area contributed by atoms with Gasteiger partial charge < -0.3 is 10.6 Å². The van der Waals surface area contributed by atoms with Crippen LogP contribution in [0.2, 0.25) is 0 Å². The van der Waals surface area contributed by atoms with Gasteiger partial charge in [0.2, 0.25) is 0 Å². The van der Waals surface area contributed by atoms with Crippen molar-refractivity contribution in [3.8, 4) is 6.07 Å². The lowest BCUT2D eigenvalue weighted by Crippen LogP contribution is -2.48. The van der Waals surface area contributed by atoms with Crippen LogP contribution in [0, 0.1) is 11.3 Å². The summed E-state index contributed by atoms with van der Waals surface area (Å²) in [6, 6.07) is 2.19.